The van der Waals surface area contributed by atoms with E-state index in [1.807, 2.05) is 6.92 Å². The predicted molar refractivity (Wildman–Crippen MR) is 106 cm³/mol. The summed E-state index contributed by atoms with van der Waals surface area (Å²) in [6, 6.07) is 6.20. The van der Waals surface area contributed by atoms with E-state index in [0.717, 1.165) is 11.1 Å². The Morgan fingerprint density at radius 2 is 1.42 bits per heavy atom. The highest BCUT2D eigenvalue weighted by Gasteiger charge is 2.11. The van der Waals surface area contributed by atoms with E-state index in [9.17, 15) is 14.4 Å². The molecule has 2 rings (SSSR count). The van der Waals surface area contributed by atoms with Crippen LogP contribution in [0, 0.1) is 13.8 Å². The summed E-state index contributed by atoms with van der Waals surface area (Å²) in [6.45, 7) is 3.61. The number of carboxylic acids is 2. The van der Waals surface area contributed by atoms with Crippen molar-refractivity contribution in [3.8, 4) is 0 Å². The lowest BCUT2D eigenvalue weighted by atomic mass is 10.1. The monoisotopic (exact) mass is 486 g/mol. The zero-order chi connectivity index (χ0) is 20.0. The fourth-order valence-electron chi connectivity index (χ4n) is 1.91. The predicted octanol–water partition coefficient (Wildman–Crippen LogP) is 4.06. The van der Waals surface area contributed by atoms with Crippen LogP contribution in [0.1, 0.15) is 31.8 Å². The highest BCUT2D eigenvalue weighted by molar-refractivity contribution is 9.10. The third-order valence-electron chi connectivity index (χ3n) is 3.35. The molecule has 0 saturated carbocycles. The second kappa shape index (κ2) is 9.35. The van der Waals surface area contributed by atoms with Crippen LogP contribution in [0.3, 0.4) is 0 Å². The Balaban J connectivity index is 0.000000263. The summed E-state index contributed by atoms with van der Waals surface area (Å²) in [4.78, 5) is 31.6. The van der Waals surface area contributed by atoms with Crippen LogP contribution in [-0.4, -0.2) is 28.6 Å². The molecule has 26 heavy (non-hydrogen) atoms. The third kappa shape index (κ3) is 5.57. The number of halogens is 2. The van der Waals surface area contributed by atoms with E-state index in [4.69, 9.17) is 15.9 Å². The number of hydrogen-bond donors (Lipinski definition) is 4. The zero-order valence-electron chi connectivity index (χ0n) is 13.8. The molecule has 5 N–H and O–H groups in total. The number of benzene rings is 2. The second-order valence-electron chi connectivity index (χ2n) is 5.21. The maximum absolute atomic E-state index is 10.7. The molecule has 0 aliphatic rings. The molecule has 0 spiro atoms. The van der Waals surface area contributed by atoms with Gasteiger partial charge < -0.3 is 21.3 Å². The number of nitrogens with one attached hydrogen (secondary N) is 1. The van der Waals surface area contributed by atoms with Crippen LogP contribution < -0.4 is 11.1 Å². The van der Waals surface area contributed by atoms with Crippen LogP contribution in [0.5, 0.6) is 0 Å². The standard InChI is InChI=1S/C9H8BrNO3.C8H8BrNO2/c1-5-2-7(10)6(9(13)14)3-8(5)11-4-12;1-4-2-6(9)5(8(11)12)3-7(4)10/h2-4H,1H3,(H,11,12)(H,13,14);2-3H,10H2,1H3,(H,11,12). The quantitative estimate of drug-likeness (QED) is 0.380. The van der Waals surface area contributed by atoms with Gasteiger partial charge in [-0.2, -0.15) is 0 Å². The molecule has 0 atom stereocenters. The molecule has 0 aliphatic carbocycles. The highest BCUT2D eigenvalue weighted by atomic mass is 79.9. The molecule has 138 valence electrons. The largest absolute Gasteiger partial charge is 0.478 e. The third-order valence-corrected chi connectivity index (χ3v) is 4.66. The number of aryl methyl sites for hydroxylation is 2. The lowest BCUT2D eigenvalue weighted by Gasteiger charge is -2.07. The van der Waals surface area contributed by atoms with Crippen molar-refractivity contribution >= 4 is 61.6 Å². The van der Waals surface area contributed by atoms with Crippen LogP contribution in [0.25, 0.3) is 0 Å². The highest BCUT2D eigenvalue weighted by Crippen LogP contribution is 2.25. The fraction of sp³-hybridized carbons (Fsp3) is 0.118. The maximum atomic E-state index is 10.7. The van der Waals surface area contributed by atoms with Gasteiger partial charge in [-0.15, -0.1) is 0 Å². The van der Waals surface area contributed by atoms with Gasteiger partial charge in [0.1, 0.15) is 0 Å². The van der Waals surface area contributed by atoms with Gasteiger partial charge in [0, 0.05) is 20.3 Å². The van der Waals surface area contributed by atoms with Gasteiger partial charge in [-0.3, -0.25) is 4.79 Å². The first-order chi connectivity index (χ1) is 12.1. The average molecular weight is 488 g/mol. The van der Waals surface area contributed by atoms with Gasteiger partial charge >= 0.3 is 11.9 Å². The normalized spacial score (nSPS) is 9.69. The number of carbonyl (C=O) groups excluding carboxylic acids is 1. The number of rotatable bonds is 4. The molecule has 2 aromatic carbocycles. The molecular weight excluding hydrogens is 472 g/mol. The molecule has 2 aromatic rings. The van der Waals surface area contributed by atoms with Crippen molar-refractivity contribution < 1.29 is 24.6 Å². The molecular formula is C17H16Br2N2O5. The molecule has 0 aliphatic heterocycles. The van der Waals surface area contributed by atoms with Crippen molar-refractivity contribution in [2.75, 3.05) is 11.1 Å². The van der Waals surface area contributed by atoms with Crippen LogP contribution >= 0.6 is 31.9 Å². The van der Waals surface area contributed by atoms with Crippen molar-refractivity contribution in [3.63, 3.8) is 0 Å². The fourth-order valence-corrected chi connectivity index (χ4v) is 3.16. The summed E-state index contributed by atoms with van der Waals surface area (Å²) < 4.78 is 1.06. The first-order valence-electron chi connectivity index (χ1n) is 7.11. The number of anilines is 2. The van der Waals surface area contributed by atoms with E-state index in [-0.39, 0.29) is 11.1 Å². The van der Waals surface area contributed by atoms with Gasteiger partial charge in [0.15, 0.2) is 0 Å². The molecule has 0 radical (unpaired) electrons. The average Bonchev–Trinajstić information content (AvgIpc) is 2.53. The number of nitrogen functional groups attached to an aromatic ring is 1. The van der Waals surface area contributed by atoms with E-state index in [1.54, 1.807) is 19.1 Å². The van der Waals surface area contributed by atoms with Gasteiger partial charge in [0.2, 0.25) is 6.41 Å². The summed E-state index contributed by atoms with van der Waals surface area (Å²) >= 11 is 6.28. The molecule has 9 heteroatoms. The second-order valence-corrected chi connectivity index (χ2v) is 6.92. The molecule has 0 saturated heterocycles. The van der Waals surface area contributed by atoms with Crippen LogP contribution in [0.15, 0.2) is 33.2 Å². The van der Waals surface area contributed by atoms with Crippen molar-refractivity contribution in [2.24, 2.45) is 0 Å². The van der Waals surface area contributed by atoms with Crippen LogP contribution in [-0.2, 0) is 4.79 Å². The van der Waals surface area contributed by atoms with Gasteiger partial charge in [-0.05, 0) is 81.1 Å². The van der Waals surface area contributed by atoms with E-state index < -0.39 is 11.9 Å². The maximum Gasteiger partial charge on any atom is 0.336 e. The Morgan fingerprint density at radius 3 is 1.88 bits per heavy atom. The Labute approximate surface area is 166 Å². The molecule has 1 amide bonds. The van der Waals surface area contributed by atoms with E-state index in [1.165, 1.54) is 12.1 Å². The first-order valence-corrected chi connectivity index (χ1v) is 8.69. The van der Waals surface area contributed by atoms with Gasteiger partial charge in [-0.25, -0.2) is 9.59 Å². The van der Waals surface area contributed by atoms with Crippen molar-refractivity contribution in [1.82, 2.24) is 0 Å². The van der Waals surface area contributed by atoms with Crippen molar-refractivity contribution in [3.05, 3.63) is 55.5 Å². The van der Waals surface area contributed by atoms with E-state index >= 15 is 0 Å². The minimum Gasteiger partial charge on any atom is -0.478 e. The Hall–Kier alpha value is -2.39. The molecule has 0 fully saturated rings. The number of nitrogens with two attached hydrogens (primary N) is 1. The van der Waals surface area contributed by atoms with Gasteiger partial charge in [-0.1, -0.05) is 0 Å². The number of carboxylic acid groups (broad SMARTS) is 2. The topological polar surface area (TPSA) is 130 Å². The summed E-state index contributed by atoms with van der Waals surface area (Å²) in [5.74, 6) is -2.01. The number of hydrogen-bond acceptors (Lipinski definition) is 4. The zero-order valence-corrected chi connectivity index (χ0v) is 17.0. The van der Waals surface area contributed by atoms with Crippen LogP contribution in [0.4, 0.5) is 11.4 Å². The van der Waals surface area contributed by atoms with E-state index in [2.05, 4.69) is 37.2 Å². The number of carbonyl (C=O) groups is 3. The van der Waals surface area contributed by atoms with Crippen molar-refractivity contribution in [2.45, 2.75) is 13.8 Å². The summed E-state index contributed by atoms with van der Waals surface area (Å²) in [5.41, 5.74) is 8.52. The van der Waals surface area contributed by atoms with Crippen LogP contribution in [0.2, 0.25) is 0 Å². The molecule has 0 bridgehead atoms. The summed E-state index contributed by atoms with van der Waals surface area (Å²) in [5, 5.41) is 19.9. The van der Waals surface area contributed by atoms with E-state index in [0.29, 0.717) is 26.7 Å². The smallest absolute Gasteiger partial charge is 0.336 e. The molecule has 0 heterocycles. The Morgan fingerprint density at radius 1 is 0.962 bits per heavy atom. The Bertz CT molecular complexity index is 869. The van der Waals surface area contributed by atoms with Crippen molar-refractivity contribution in [1.29, 1.82) is 0 Å². The first kappa shape index (κ1) is 21.7. The Kier molecular flexibility index (Phi) is 7.78. The molecule has 7 nitrogen and oxygen atoms in total. The van der Waals surface area contributed by atoms with Gasteiger partial charge in [0.05, 0.1) is 11.1 Å². The SMILES string of the molecule is Cc1cc(Br)c(C(=O)O)cc1N.Cc1cc(Br)c(C(=O)O)cc1NC=O. The lowest BCUT2D eigenvalue weighted by molar-refractivity contribution is -0.105. The minimum atomic E-state index is -1.04. The summed E-state index contributed by atoms with van der Waals surface area (Å²) in [6.07, 6.45) is 0.516. The minimum absolute atomic E-state index is 0.125. The molecule has 0 unspecified atom stereocenters. The van der Waals surface area contributed by atoms with Gasteiger partial charge in [0.25, 0.3) is 0 Å². The number of aromatic carboxylic acids is 2. The number of amides is 1. The summed E-state index contributed by atoms with van der Waals surface area (Å²) in [7, 11) is 0. The lowest BCUT2D eigenvalue weighted by Crippen LogP contribution is -2.02. The molecule has 0 aromatic heterocycles.